The van der Waals surface area contributed by atoms with Gasteiger partial charge in [-0.25, -0.2) is 4.79 Å². The molecule has 2 aliphatic rings. The van der Waals surface area contributed by atoms with Crippen LogP contribution in [-0.2, 0) is 14.3 Å². The molecule has 0 aromatic heterocycles. The molecule has 5 rings (SSSR count). The summed E-state index contributed by atoms with van der Waals surface area (Å²) in [6.45, 7) is 0. The Morgan fingerprint density at radius 1 is 0.914 bits per heavy atom. The lowest BCUT2D eigenvalue weighted by Gasteiger charge is -2.36. The predicted octanol–water partition coefficient (Wildman–Crippen LogP) is 5.07. The molecule has 7 nitrogen and oxygen atoms in total. The van der Waals surface area contributed by atoms with Gasteiger partial charge in [0.15, 0.2) is 0 Å². The predicted molar refractivity (Wildman–Crippen MR) is 129 cm³/mol. The van der Waals surface area contributed by atoms with Crippen molar-refractivity contribution in [3.05, 3.63) is 78.2 Å². The normalized spacial score (nSPS) is 21.4. The number of hydrogen-bond acceptors (Lipinski definition) is 7. The Kier molecular flexibility index (Phi) is 6.31. The van der Waals surface area contributed by atoms with Gasteiger partial charge in [-0.15, -0.1) is 0 Å². The number of carbonyl (C=O) groups is 2. The number of esters is 1. The van der Waals surface area contributed by atoms with Crippen molar-refractivity contribution < 1.29 is 33.3 Å². The highest BCUT2D eigenvalue weighted by Crippen LogP contribution is 2.37. The molecule has 1 fully saturated rings. The van der Waals surface area contributed by atoms with E-state index >= 15 is 0 Å². The van der Waals surface area contributed by atoms with Crippen molar-refractivity contribution in [1.29, 1.82) is 0 Å². The zero-order chi connectivity index (χ0) is 24.4. The molecule has 0 bridgehead atoms. The third-order valence-electron chi connectivity index (χ3n) is 6.53. The van der Waals surface area contributed by atoms with Crippen molar-refractivity contribution >= 4 is 22.5 Å². The van der Waals surface area contributed by atoms with Gasteiger partial charge in [0.2, 0.25) is 11.5 Å². The molecule has 1 saturated carbocycles. The Labute approximate surface area is 203 Å². The Hall–Kier alpha value is -4.00. The van der Waals surface area contributed by atoms with Crippen LogP contribution in [0.3, 0.4) is 0 Å². The summed E-state index contributed by atoms with van der Waals surface area (Å²) in [4.78, 5) is 26.1. The average Bonchev–Trinajstić information content (AvgIpc) is 2.89. The second kappa shape index (κ2) is 9.70. The number of carbonyl (C=O) groups excluding carboxylic acids is 2. The van der Waals surface area contributed by atoms with E-state index in [1.807, 2.05) is 42.5 Å². The topological polar surface area (TPSA) is 80.3 Å². The molecule has 0 saturated heterocycles. The Morgan fingerprint density at radius 2 is 1.66 bits per heavy atom. The van der Waals surface area contributed by atoms with Crippen molar-refractivity contribution in [2.75, 3.05) is 14.2 Å². The van der Waals surface area contributed by atoms with Crippen molar-refractivity contribution in [3.8, 4) is 17.2 Å². The van der Waals surface area contributed by atoms with Crippen LogP contribution in [0.25, 0.3) is 10.8 Å². The number of rotatable bonds is 6. The summed E-state index contributed by atoms with van der Waals surface area (Å²) in [5.74, 6) is 0.572. The molecule has 3 unspecified atom stereocenters. The Morgan fingerprint density at radius 3 is 2.40 bits per heavy atom. The van der Waals surface area contributed by atoms with E-state index in [9.17, 15) is 9.59 Å². The third-order valence-corrected chi connectivity index (χ3v) is 6.53. The van der Waals surface area contributed by atoms with Crippen molar-refractivity contribution in [3.63, 3.8) is 0 Å². The van der Waals surface area contributed by atoms with Crippen molar-refractivity contribution in [1.82, 2.24) is 0 Å². The van der Waals surface area contributed by atoms with Gasteiger partial charge in [-0.3, -0.25) is 4.79 Å². The van der Waals surface area contributed by atoms with Crippen LogP contribution in [0.5, 0.6) is 17.2 Å². The summed E-state index contributed by atoms with van der Waals surface area (Å²) in [5, 5.41) is 2.13. The number of allylic oxidation sites excluding steroid dienone is 1. The van der Waals surface area contributed by atoms with Gasteiger partial charge in [-0.2, -0.15) is 0 Å². The van der Waals surface area contributed by atoms with E-state index in [2.05, 4.69) is 0 Å². The lowest BCUT2D eigenvalue weighted by molar-refractivity contribution is -0.132. The zero-order valence-electron chi connectivity index (χ0n) is 19.6. The number of benzene rings is 3. The van der Waals surface area contributed by atoms with Crippen molar-refractivity contribution in [2.24, 2.45) is 5.92 Å². The molecule has 180 valence electrons. The summed E-state index contributed by atoms with van der Waals surface area (Å²) >= 11 is 0. The van der Waals surface area contributed by atoms with Crippen LogP contribution in [0.15, 0.2) is 72.7 Å². The van der Waals surface area contributed by atoms with Gasteiger partial charge in [-0.1, -0.05) is 36.4 Å². The highest BCUT2D eigenvalue weighted by Gasteiger charge is 2.42. The highest BCUT2D eigenvalue weighted by molar-refractivity contribution is 5.97. The molecule has 7 heteroatoms. The largest absolute Gasteiger partial charge is 0.496 e. The number of fused-ring (bicyclic) bond motifs is 2. The first-order chi connectivity index (χ1) is 17.1. The fraction of sp³-hybridized carbons (Fsp3) is 0.286. The van der Waals surface area contributed by atoms with Gasteiger partial charge >= 0.3 is 5.97 Å². The maximum atomic E-state index is 13.1. The third kappa shape index (κ3) is 4.54. The Bertz CT molecular complexity index is 1270. The summed E-state index contributed by atoms with van der Waals surface area (Å²) < 4.78 is 28.2. The molecular formula is C28H26O7. The van der Waals surface area contributed by atoms with Crippen LogP contribution < -0.4 is 14.2 Å². The molecule has 1 aliphatic heterocycles. The van der Waals surface area contributed by atoms with Crippen LogP contribution in [0.1, 0.15) is 29.6 Å². The van der Waals surface area contributed by atoms with E-state index in [1.54, 1.807) is 18.2 Å². The van der Waals surface area contributed by atoms with Crippen LogP contribution in [-0.4, -0.2) is 38.2 Å². The number of Topliss-reactive ketones (excluding diaryl/α,β-unsaturated/α-hetero) is 1. The van der Waals surface area contributed by atoms with Crippen LogP contribution in [0.4, 0.5) is 0 Å². The Balaban J connectivity index is 1.26. The molecule has 35 heavy (non-hydrogen) atoms. The molecule has 3 aromatic carbocycles. The summed E-state index contributed by atoms with van der Waals surface area (Å²) in [6.07, 6.45) is 2.11. The second-order valence-electron chi connectivity index (χ2n) is 8.62. The minimum Gasteiger partial charge on any atom is -0.496 e. The minimum atomic E-state index is -0.527. The van der Waals surface area contributed by atoms with Crippen LogP contribution >= 0.6 is 0 Å². The van der Waals surface area contributed by atoms with E-state index in [1.165, 1.54) is 20.5 Å². The number of ether oxygens (including phenoxy) is 5. The van der Waals surface area contributed by atoms with E-state index in [0.717, 1.165) is 10.8 Å². The monoisotopic (exact) mass is 474 g/mol. The molecule has 0 radical (unpaired) electrons. The molecular weight excluding hydrogens is 448 g/mol. The number of methoxy groups -OCH3 is 2. The number of ketones is 1. The fourth-order valence-corrected chi connectivity index (χ4v) is 4.73. The molecule has 1 heterocycles. The van der Waals surface area contributed by atoms with Crippen molar-refractivity contribution in [2.45, 2.75) is 31.5 Å². The standard InChI is InChI=1S/C28H26O7/c1-31-22-8-5-9-23(32-2)26(22)28(30)35-20-12-13-21-24(15-20)33-16-25(27(21)29)34-19-11-10-17-6-3-4-7-18(17)14-19/h3-11,14,16,20-21,24H,12-13,15H2,1-2H3. The minimum absolute atomic E-state index is 0.0921. The average molecular weight is 475 g/mol. The molecule has 3 aromatic rings. The van der Waals surface area contributed by atoms with Gasteiger partial charge in [-0.05, 0) is 47.9 Å². The molecule has 1 aliphatic carbocycles. The van der Waals surface area contributed by atoms with E-state index in [4.69, 9.17) is 23.7 Å². The maximum Gasteiger partial charge on any atom is 0.346 e. The second-order valence-corrected chi connectivity index (χ2v) is 8.62. The zero-order valence-corrected chi connectivity index (χ0v) is 19.6. The summed E-state index contributed by atoms with van der Waals surface area (Å²) in [6, 6.07) is 18.8. The van der Waals surface area contributed by atoms with E-state index in [-0.39, 0.29) is 35.2 Å². The maximum absolute atomic E-state index is 13.1. The van der Waals surface area contributed by atoms with Crippen LogP contribution in [0, 0.1) is 5.92 Å². The lowest BCUT2D eigenvalue weighted by Crippen LogP contribution is -2.43. The highest BCUT2D eigenvalue weighted by atomic mass is 16.6. The molecule has 3 atom stereocenters. The van der Waals surface area contributed by atoms with E-state index < -0.39 is 5.97 Å². The van der Waals surface area contributed by atoms with Gasteiger partial charge in [0.1, 0.15) is 41.3 Å². The molecule has 0 amide bonds. The molecule has 0 spiro atoms. The van der Waals surface area contributed by atoms with Crippen LogP contribution in [0.2, 0.25) is 0 Å². The summed E-state index contributed by atoms with van der Waals surface area (Å²) in [5.41, 5.74) is 0.242. The van der Waals surface area contributed by atoms with E-state index in [0.29, 0.717) is 36.5 Å². The quantitative estimate of drug-likeness (QED) is 0.462. The first kappa shape index (κ1) is 22.8. The summed E-state index contributed by atoms with van der Waals surface area (Å²) in [7, 11) is 2.98. The van der Waals surface area contributed by atoms with Gasteiger partial charge < -0.3 is 23.7 Å². The van der Waals surface area contributed by atoms with Gasteiger partial charge in [0.05, 0.1) is 20.1 Å². The first-order valence-corrected chi connectivity index (χ1v) is 11.6. The van der Waals surface area contributed by atoms with Gasteiger partial charge in [0.25, 0.3) is 0 Å². The fourth-order valence-electron chi connectivity index (χ4n) is 4.73. The van der Waals surface area contributed by atoms with Gasteiger partial charge in [0, 0.05) is 6.42 Å². The lowest BCUT2D eigenvalue weighted by atomic mass is 9.80. The molecule has 0 N–H and O–H groups in total. The smallest absolute Gasteiger partial charge is 0.346 e. The first-order valence-electron chi connectivity index (χ1n) is 11.6. The SMILES string of the molecule is COc1cccc(OC)c1C(=O)OC1CCC2C(=O)C(Oc3ccc4ccccc4c3)=COC2C1. The number of hydrogen-bond donors (Lipinski definition) is 0.